The molecule has 0 radical (unpaired) electrons. The van der Waals surface area contributed by atoms with E-state index in [9.17, 15) is 9.59 Å². The minimum atomic E-state index is -0.462. The lowest BCUT2D eigenvalue weighted by molar-refractivity contribution is -0.138. The third kappa shape index (κ3) is 8.58. The first kappa shape index (κ1) is 25.3. The molecule has 2 aromatic carbocycles. The summed E-state index contributed by atoms with van der Waals surface area (Å²) in [5.74, 6) is 1.25. The van der Waals surface area contributed by atoms with Crippen LogP contribution in [-0.4, -0.2) is 41.6 Å². The zero-order valence-electron chi connectivity index (χ0n) is 18.6. The fraction of sp³-hybridized carbons (Fsp3) is 0.440. The van der Waals surface area contributed by atoms with Gasteiger partial charge in [0.05, 0.1) is 5.75 Å². The van der Waals surface area contributed by atoms with E-state index in [0.29, 0.717) is 42.0 Å². The highest BCUT2D eigenvalue weighted by Crippen LogP contribution is 2.21. The minimum Gasteiger partial charge on any atom is -0.354 e. The van der Waals surface area contributed by atoms with Gasteiger partial charge in [0.2, 0.25) is 11.8 Å². The average molecular weight is 461 g/mol. The SMILES string of the molecule is CCC(C(=O)NCC(C)C)N(CCc1ccccc1)C(=O)CSCc1ccccc1Cl. The zero-order chi connectivity index (χ0) is 22.6. The largest absolute Gasteiger partial charge is 0.354 e. The molecule has 0 saturated heterocycles. The monoisotopic (exact) mass is 460 g/mol. The predicted molar refractivity (Wildman–Crippen MR) is 131 cm³/mol. The maximum absolute atomic E-state index is 13.2. The van der Waals surface area contributed by atoms with Crippen LogP contribution in [0.25, 0.3) is 0 Å². The van der Waals surface area contributed by atoms with Gasteiger partial charge in [-0.05, 0) is 36.0 Å². The van der Waals surface area contributed by atoms with Crippen LogP contribution in [0.5, 0.6) is 0 Å². The molecule has 0 heterocycles. The molecule has 0 saturated carbocycles. The lowest BCUT2D eigenvalue weighted by atomic mass is 10.1. The van der Waals surface area contributed by atoms with Crippen LogP contribution < -0.4 is 5.32 Å². The highest BCUT2D eigenvalue weighted by molar-refractivity contribution is 7.99. The smallest absolute Gasteiger partial charge is 0.242 e. The second kappa shape index (κ2) is 13.4. The van der Waals surface area contributed by atoms with Crippen molar-refractivity contribution in [1.82, 2.24) is 10.2 Å². The highest BCUT2D eigenvalue weighted by atomic mass is 35.5. The Labute approximate surface area is 195 Å². The minimum absolute atomic E-state index is 0.0143. The van der Waals surface area contributed by atoms with E-state index in [-0.39, 0.29) is 11.8 Å². The van der Waals surface area contributed by atoms with E-state index in [4.69, 9.17) is 11.6 Å². The van der Waals surface area contributed by atoms with Gasteiger partial charge in [-0.15, -0.1) is 11.8 Å². The second-order valence-corrected chi connectivity index (χ2v) is 9.36. The molecule has 1 atom stereocenters. The number of carbonyl (C=O) groups excluding carboxylic acids is 2. The fourth-order valence-electron chi connectivity index (χ4n) is 3.27. The van der Waals surface area contributed by atoms with Crippen molar-refractivity contribution in [2.45, 2.75) is 45.4 Å². The van der Waals surface area contributed by atoms with Gasteiger partial charge in [0, 0.05) is 23.9 Å². The number of thioether (sulfide) groups is 1. The topological polar surface area (TPSA) is 49.4 Å². The van der Waals surface area contributed by atoms with E-state index < -0.39 is 6.04 Å². The van der Waals surface area contributed by atoms with Gasteiger partial charge in [-0.3, -0.25) is 9.59 Å². The molecule has 0 fully saturated rings. The molecule has 0 bridgehead atoms. The van der Waals surface area contributed by atoms with E-state index in [1.54, 1.807) is 4.90 Å². The van der Waals surface area contributed by atoms with Gasteiger partial charge in [-0.25, -0.2) is 0 Å². The third-order valence-corrected chi connectivity index (χ3v) is 6.33. The van der Waals surface area contributed by atoms with Crippen molar-refractivity contribution in [3.63, 3.8) is 0 Å². The van der Waals surface area contributed by atoms with Crippen molar-refractivity contribution in [2.75, 3.05) is 18.8 Å². The van der Waals surface area contributed by atoms with E-state index >= 15 is 0 Å². The van der Waals surface area contributed by atoms with Gasteiger partial charge >= 0.3 is 0 Å². The Morgan fingerprint density at radius 1 is 1.06 bits per heavy atom. The standard InChI is InChI=1S/C25H33ClN2O2S/c1-4-23(25(30)27-16-19(2)3)28(15-14-20-10-6-5-7-11-20)24(29)18-31-17-21-12-8-9-13-22(21)26/h5-13,19,23H,4,14-18H2,1-3H3,(H,27,30). The maximum Gasteiger partial charge on any atom is 0.242 e. The molecule has 6 heteroatoms. The molecule has 4 nitrogen and oxygen atoms in total. The Balaban J connectivity index is 2.05. The van der Waals surface area contributed by atoms with E-state index in [1.807, 2.05) is 49.4 Å². The Bertz CT molecular complexity index is 829. The number of benzene rings is 2. The van der Waals surface area contributed by atoms with Gasteiger partial charge < -0.3 is 10.2 Å². The fourth-order valence-corrected chi connectivity index (χ4v) is 4.46. The van der Waals surface area contributed by atoms with Crippen LogP contribution in [0.4, 0.5) is 0 Å². The van der Waals surface area contributed by atoms with Crippen molar-refractivity contribution in [2.24, 2.45) is 5.92 Å². The van der Waals surface area contributed by atoms with Crippen molar-refractivity contribution < 1.29 is 9.59 Å². The second-order valence-electron chi connectivity index (χ2n) is 7.97. The first-order chi connectivity index (χ1) is 14.9. The molecule has 0 spiro atoms. The quantitative estimate of drug-likeness (QED) is 0.473. The molecule has 0 aliphatic heterocycles. The lowest BCUT2D eigenvalue weighted by Crippen LogP contribution is -2.51. The molecule has 1 unspecified atom stereocenters. The van der Waals surface area contributed by atoms with Gasteiger partial charge in [0.15, 0.2) is 0 Å². The number of halogens is 1. The summed E-state index contributed by atoms with van der Waals surface area (Å²) in [5, 5.41) is 3.71. The number of nitrogens with zero attached hydrogens (tertiary/aromatic N) is 1. The van der Waals surface area contributed by atoms with Crippen LogP contribution in [-0.2, 0) is 21.8 Å². The van der Waals surface area contributed by atoms with Crippen molar-refractivity contribution >= 4 is 35.2 Å². The van der Waals surface area contributed by atoms with Crippen LogP contribution in [0.2, 0.25) is 5.02 Å². The van der Waals surface area contributed by atoms with Gasteiger partial charge in [-0.2, -0.15) is 0 Å². The molecule has 0 aliphatic rings. The summed E-state index contributed by atoms with van der Waals surface area (Å²) < 4.78 is 0. The number of amides is 2. The predicted octanol–water partition coefficient (Wildman–Crippen LogP) is 5.20. The third-order valence-electron chi connectivity index (χ3n) is 5.00. The van der Waals surface area contributed by atoms with Crippen LogP contribution in [0.3, 0.4) is 0 Å². The Hall–Kier alpha value is -1.98. The van der Waals surface area contributed by atoms with E-state index in [1.165, 1.54) is 11.8 Å². The first-order valence-electron chi connectivity index (χ1n) is 10.8. The van der Waals surface area contributed by atoms with Crippen molar-refractivity contribution in [3.8, 4) is 0 Å². The maximum atomic E-state index is 13.2. The number of carbonyl (C=O) groups is 2. The summed E-state index contributed by atoms with van der Waals surface area (Å²) >= 11 is 7.76. The molecule has 2 amide bonds. The molecule has 2 aromatic rings. The lowest BCUT2D eigenvalue weighted by Gasteiger charge is -2.31. The van der Waals surface area contributed by atoms with Crippen LogP contribution in [0.1, 0.15) is 38.3 Å². The average Bonchev–Trinajstić information content (AvgIpc) is 2.76. The summed E-state index contributed by atoms with van der Waals surface area (Å²) in [6, 6.07) is 17.3. The highest BCUT2D eigenvalue weighted by Gasteiger charge is 2.28. The Morgan fingerprint density at radius 3 is 2.39 bits per heavy atom. The zero-order valence-corrected chi connectivity index (χ0v) is 20.2. The van der Waals surface area contributed by atoms with Crippen molar-refractivity contribution in [1.29, 1.82) is 0 Å². The van der Waals surface area contributed by atoms with Crippen LogP contribution >= 0.6 is 23.4 Å². The summed E-state index contributed by atoms with van der Waals surface area (Å²) in [6.07, 6.45) is 1.30. The molecule has 168 valence electrons. The number of hydrogen-bond donors (Lipinski definition) is 1. The van der Waals surface area contributed by atoms with Crippen LogP contribution in [0.15, 0.2) is 54.6 Å². The van der Waals surface area contributed by atoms with Gasteiger partial charge in [-0.1, -0.05) is 80.9 Å². The first-order valence-corrected chi connectivity index (χ1v) is 12.4. The normalized spacial score (nSPS) is 11.9. The summed E-state index contributed by atoms with van der Waals surface area (Å²) in [5.41, 5.74) is 2.17. The molecule has 0 aliphatic carbocycles. The van der Waals surface area contributed by atoms with Crippen molar-refractivity contribution in [3.05, 3.63) is 70.7 Å². The Morgan fingerprint density at radius 2 is 1.74 bits per heavy atom. The van der Waals surface area contributed by atoms with E-state index in [2.05, 4.69) is 31.3 Å². The number of rotatable bonds is 12. The molecule has 0 aromatic heterocycles. The van der Waals surface area contributed by atoms with Crippen LogP contribution in [0, 0.1) is 5.92 Å². The molecular weight excluding hydrogens is 428 g/mol. The number of nitrogens with one attached hydrogen (secondary N) is 1. The molecular formula is C25H33ClN2O2S. The molecule has 31 heavy (non-hydrogen) atoms. The number of hydrogen-bond acceptors (Lipinski definition) is 3. The summed E-state index contributed by atoms with van der Waals surface area (Å²) in [4.78, 5) is 27.8. The van der Waals surface area contributed by atoms with E-state index in [0.717, 1.165) is 17.5 Å². The Kier molecular flexibility index (Phi) is 11.0. The molecule has 2 rings (SSSR count). The van der Waals surface area contributed by atoms with Gasteiger partial charge in [0.25, 0.3) is 0 Å². The summed E-state index contributed by atoms with van der Waals surface area (Å²) in [7, 11) is 0. The van der Waals surface area contributed by atoms with Gasteiger partial charge in [0.1, 0.15) is 6.04 Å². The molecule has 1 N–H and O–H groups in total. The summed E-state index contributed by atoms with van der Waals surface area (Å²) in [6.45, 7) is 7.20.